The highest BCUT2D eigenvalue weighted by Crippen LogP contribution is 2.61. The van der Waals surface area contributed by atoms with Crippen LogP contribution in [-0.4, -0.2) is 63.3 Å². The van der Waals surface area contributed by atoms with E-state index in [1.807, 2.05) is 0 Å². The van der Waals surface area contributed by atoms with E-state index in [1.165, 1.54) is 11.0 Å². The number of Topliss-reactive ketones (excluding diaryl/α,β-unsaturated/α-hetero) is 1. The van der Waals surface area contributed by atoms with Gasteiger partial charge >= 0.3 is 6.18 Å². The molecule has 162 valence electrons. The van der Waals surface area contributed by atoms with Gasteiger partial charge in [0.15, 0.2) is 5.78 Å². The maximum Gasteiger partial charge on any atom is 0.401 e. The van der Waals surface area contributed by atoms with E-state index in [0.29, 0.717) is 5.56 Å². The summed E-state index contributed by atoms with van der Waals surface area (Å²) in [6, 6.07) is 3.99. The monoisotopic (exact) mass is 424 g/mol. The van der Waals surface area contributed by atoms with Gasteiger partial charge in [0.1, 0.15) is 11.3 Å². The highest BCUT2D eigenvalue weighted by atomic mass is 19.4. The summed E-state index contributed by atoms with van der Waals surface area (Å²) >= 11 is 0. The number of nitrogens with zero attached hydrogens (tertiary/aromatic N) is 1. The van der Waals surface area contributed by atoms with Crippen molar-refractivity contribution < 1.29 is 33.0 Å². The lowest BCUT2D eigenvalue weighted by molar-refractivity contribution is -0.209. The molecule has 4 atom stereocenters. The summed E-state index contributed by atoms with van der Waals surface area (Å²) in [6.07, 6.45) is -3.74. The Bertz CT molecular complexity index is 951. The summed E-state index contributed by atoms with van der Waals surface area (Å²) in [7, 11) is 0. The highest BCUT2D eigenvalue weighted by molar-refractivity contribution is 6.10. The molecule has 2 aliphatic carbocycles. The van der Waals surface area contributed by atoms with Crippen molar-refractivity contribution in [2.24, 2.45) is 0 Å². The SMILES string of the molecule is O=C1CC(=O)[C@@]2(CC[C@@]3(O)[C@H]4Cc5ccc(O)cc5[C@@]3(CCN4CC(F)(F)F)C2)N1. The molecule has 3 N–H and O–H groups in total. The average molecular weight is 424 g/mol. The lowest BCUT2D eigenvalue weighted by Crippen LogP contribution is -2.76. The number of piperidine rings is 1. The third-order valence-corrected chi connectivity index (χ3v) is 7.82. The van der Waals surface area contributed by atoms with Crippen LogP contribution in [0.3, 0.4) is 0 Å². The quantitative estimate of drug-likeness (QED) is 0.596. The zero-order valence-corrected chi connectivity index (χ0v) is 16.3. The van der Waals surface area contributed by atoms with Crippen LogP contribution in [0, 0.1) is 0 Å². The minimum Gasteiger partial charge on any atom is -0.508 e. The minimum atomic E-state index is -4.39. The number of benzene rings is 1. The molecule has 2 saturated heterocycles. The molecule has 3 fully saturated rings. The summed E-state index contributed by atoms with van der Waals surface area (Å²) in [5.74, 6) is -0.589. The first-order chi connectivity index (χ1) is 14.0. The molecular weight excluding hydrogens is 401 g/mol. The topological polar surface area (TPSA) is 89.9 Å². The number of hydrogen-bond acceptors (Lipinski definition) is 5. The van der Waals surface area contributed by atoms with Gasteiger partial charge in [0.05, 0.1) is 18.6 Å². The summed E-state index contributed by atoms with van der Waals surface area (Å²) in [6.45, 7) is -0.996. The first kappa shape index (κ1) is 19.8. The summed E-state index contributed by atoms with van der Waals surface area (Å²) < 4.78 is 39.7. The number of halogens is 3. The lowest BCUT2D eigenvalue weighted by Gasteiger charge is -2.66. The first-order valence-corrected chi connectivity index (χ1v) is 10.2. The largest absolute Gasteiger partial charge is 0.508 e. The zero-order chi connectivity index (χ0) is 21.5. The van der Waals surface area contributed by atoms with E-state index >= 15 is 0 Å². The predicted octanol–water partition coefficient (Wildman–Crippen LogP) is 1.57. The minimum absolute atomic E-state index is 0.00283. The summed E-state index contributed by atoms with van der Waals surface area (Å²) in [4.78, 5) is 26.0. The van der Waals surface area contributed by atoms with Crippen LogP contribution in [0.4, 0.5) is 13.2 Å². The molecule has 2 heterocycles. The van der Waals surface area contributed by atoms with Gasteiger partial charge in [-0.15, -0.1) is 0 Å². The van der Waals surface area contributed by atoms with Gasteiger partial charge in [-0.2, -0.15) is 13.2 Å². The van der Waals surface area contributed by atoms with Crippen LogP contribution in [-0.2, 0) is 21.4 Å². The normalized spacial score (nSPS) is 38.3. The van der Waals surface area contributed by atoms with Crippen LogP contribution in [0.1, 0.15) is 43.2 Å². The Labute approximate surface area is 171 Å². The molecule has 1 aromatic rings. The van der Waals surface area contributed by atoms with Gasteiger partial charge in [-0.25, -0.2) is 0 Å². The molecule has 0 aromatic heterocycles. The Morgan fingerprint density at radius 1 is 1.20 bits per heavy atom. The van der Waals surface area contributed by atoms with Crippen molar-refractivity contribution in [3.05, 3.63) is 29.3 Å². The van der Waals surface area contributed by atoms with Crippen molar-refractivity contribution in [2.75, 3.05) is 13.1 Å². The Hall–Kier alpha value is -2.13. The maximum atomic E-state index is 13.2. The van der Waals surface area contributed by atoms with E-state index < -0.39 is 35.3 Å². The number of aromatic hydroxyl groups is 1. The molecule has 1 aromatic carbocycles. The van der Waals surface area contributed by atoms with Crippen LogP contribution < -0.4 is 5.32 Å². The van der Waals surface area contributed by atoms with E-state index in [4.69, 9.17) is 0 Å². The second kappa shape index (κ2) is 5.97. The summed E-state index contributed by atoms with van der Waals surface area (Å²) in [5, 5.41) is 24.9. The number of likely N-dealkylation sites (tertiary alicyclic amines) is 1. The van der Waals surface area contributed by atoms with Crippen molar-refractivity contribution in [1.29, 1.82) is 0 Å². The number of carbonyl (C=O) groups excluding carboxylic acids is 2. The number of amides is 1. The fourth-order valence-electron chi connectivity index (χ4n) is 6.60. The molecule has 1 amide bonds. The Balaban J connectivity index is 1.65. The number of carbonyl (C=O) groups is 2. The number of phenols is 1. The molecule has 2 aliphatic heterocycles. The second-order valence-electron chi connectivity index (χ2n) is 9.31. The van der Waals surface area contributed by atoms with Crippen molar-refractivity contribution in [2.45, 2.75) is 67.3 Å². The molecule has 2 bridgehead atoms. The Kier molecular flexibility index (Phi) is 3.94. The number of rotatable bonds is 1. The number of nitrogens with one attached hydrogen (secondary N) is 1. The van der Waals surface area contributed by atoms with Crippen LogP contribution in [0.2, 0.25) is 0 Å². The smallest absolute Gasteiger partial charge is 0.401 e. The van der Waals surface area contributed by atoms with Crippen LogP contribution in [0.15, 0.2) is 18.2 Å². The number of aliphatic hydroxyl groups is 1. The van der Waals surface area contributed by atoms with Crippen LogP contribution >= 0.6 is 0 Å². The van der Waals surface area contributed by atoms with Gasteiger partial charge in [-0.1, -0.05) is 6.07 Å². The van der Waals surface area contributed by atoms with Gasteiger partial charge in [-0.05, 0) is 61.9 Å². The molecule has 5 rings (SSSR count). The third-order valence-electron chi connectivity index (χ3n) is 7.82. The number of ketones is 1. The molecule has 1 spiro atoms. The predicted molar refractivity (Wildman–Crippen MR) is 98.8 cm³/mol. The van der Waals surface area contributed by atoms with Crippen molar-refractivity contribution >= 4 is 11.7 Å². The van der Waals surface area contributed by atoms with Gasteiger partial charge in [0, 0.05) is 11.5 Å². The molecule has 9 heteroatoms. The van der Waals surface area contributed by atoms with Crippen LogP contribution in [0.25, 0.3) is 0 Å². The molecule has 4 aliphatic rings. The van der Waals surface area contributed by atoms with E-state index in [9.17, 15) is 33.0 Å². The maximum absolute atomic E-state index is 13.2. The van der Waals surface area contributed by atoms with Crippen molar-refractivity contribution in [3.8, 4) is 5.75 Å². The number of hydrogen-bond donors (Lipinski definition) is 3. The summed E-state index contributed by atoms with van der Waals surface area (Å²) in [5.41, 5.74) is -2.17. The van der Waals surface area contributed by atoms with Gasteiger partial charge < -0.3 is 15.5 Å². The third kappa shape index (κ3) is 2.57. The van der Waals surface area contributed by atoms with E-state index in [-0.39, 0.29) is 62.5 Å². The standard InChI is InChI=1S/C21H23F3N2O4/c22-21(23,24)11-26-6-5-18-10-19(16(28)9-17(29)25-19)3-4-20(18,30)15(26)7-12-1-2-13(27)8-14(12)18/h1-2,8,15,27,30H,3-7,9-11H2,(H,25,29)/t15-,18-,19+,20-/m1/s1. The fourth-order valence-corrected chi connectivity index (χ4v) is 6.60. The van der Waals surface area contributed by atoms with Crippen molar-refractivity contribution in [1.82, 2.24) is 10.2 Å². The van der Waals surface area contributed by atoms with E-state index in [2.05, 4.69) is 5.32 Å². The first-order valence-electron chi connectivity index (χ1n) is 10.2. The fraction of sp³-hybridized carbons (Fsp3) is 0.619. The Morgan fingerprint density at radius 2 is 1.97 bits per heavy atom. The van der Waals surface area contributed by atoms with Gasteiger partial charge in [0.25, 0.3) is 0 Å². The molecule has 1 saturated carbocycles. The lowest BCUT2D eigenvalue weighted by atomic mass is 9.46. The van der Waals surface area contributed by atoms with Crippen molar-refractivity contribution in [3.63, 3.8) is 0 Å². The van der Waals surface area contributed by atoms with E-state index in [0.717, 1.165) is 5.56 Å². The van der Waals surface area contributed by atoms with Crippen LogP contribution in [0.5, 0.6) is 5.75 Å². The number of phenolic OH excluding ortho intramolecular Hbond substituents is 1. The number of fused-ring (bicyclic) bond motifs is 1. The molecule has 0 unspecified atom stereocenters. The molecule has 30 heavy (non-hydrogen) atoms. The number of alkyl halides is 3. The molecule has 0 radical (unpaired) electrons. The molecule has 6 nitrogen and oxygen atoms in total. The van der Waals surface area contributed by atoms with Gasteiger partial charge in [-0.3, -0.25) is 14.5 Å². The second-order valence-corrected chi connectivity index (χ2v) is 9.31. The highest BCUT2D eigenvalue weighted by Gasteiger charge is 2.69. The Morgan fingerprint density at radius 3 is 2.63 bits per heavy atom. The molecular formula is C21H23F3N2O4. The van der Waals surface area contributed by atoms with Gasteiger partial charge in [0.2, 0.25) is 5.91 Å². The average Bonchev–Trinajstić information content (AvgIpc) is 2.91. The zero-order valence-electron chi connectivity index (χ0n) is 16.3. The van der Waals surface area contributed by atoms with E-state index in [1.54, 1.807) is 12.1 Å².